The Balaban J connectivity index is 2.55. The summed E-state index contributed by atoms with van der Waals surface area (Å²) in [5, 5.41) is 13.3. The van der Waals surface area contributed by atoms with Crippen LogP contribution in [0.15, 0.2) is 41.3 Å². The third-order valence-corrected chi connectivity index (χ3v) is 3.00. The van der Waals surface area contributed by atoms with Crippen molar-refractivity contribution < 1.29 is 5.11 Å². The number of likely N-dealkylation sites (N-methyl/N-ethyl adjacent to an activating group) is 1. The minimum Gasteiger partial charge on any atom is -0.395 e. The number of hydrogen-bond donors (Lipinski definition) is 1. The second-order valence-corrected chi connectivity index (χ2v) is 4.45. The number of aliphatic hydroxyl groups excluding tert-OH is 1. The molecule has 1 aromatic carbocycles. The van der Waals surface area contributed by atoms with Crippen LogP contribution in [0.5, 0.6) is 0 Å². The van der Waals surface area contributed by atoms with Gasteiger partial charge in [0.15, 0.2) is 0 Å². The van der Waals surface area contributed by atoms with E-state index in [1.54, 1.807) is 24.1 Å². The van der Waals surface area contributed by atoms with Crippen LogP contribution in [0.4, 0.5) is 5.69 Å². The minimum atomic E-state index is -0.311. The number of halogens is 1. The third-order valence-electron chi connectivity index (χ3n) is 2.73. The van der Waals surface area contributed by atoms with E-state index in [2.05, 4.69) is 5.10 Å². The predicted octanol–water partition coefficient (Wildman–Crippen LogP) is 1.31. The lowest BCUT2D eigenvalue weighted by Crippen LogP contribution is -2.32. The molecule has 0 fully saturated rings. The fourth-order valence-corrected chi connectivity index (χ4v) is 2.05. The monoisotopic (exact) mass is 279 g/mol. The molecule has 0 aliphatic rings. The first-order valence-electron chi connectivity index (χ1n) is 5.80. The standard InChI is InChI=1S/C13H14ClN3O2/c1-16(7-8-18)12-11(14)9-15-17(13(12)19)10-5-3-2-4-6-10/h2-6,9,18H,7-8H2,1H3. The van der Waals surface area contributed by atoms with Gasteiger partial charge in [-0.3, -0.25) is 4.79 Å². The van der Waals surface area contributed by atoms with E-state index < -0.39 is 0 Å². The predicted molar refractivity (Wildman–Crippen MR) is 75.2 cm³/mol. The van der Waals surface area contributed by atoms with Crippen LogP contribution in [0.2, 0.25) is 5.02 Å². The zero-order valence-corrected chi connectivity index (χ0v) is 11.2. The minimum absolute atomic E-state index is 0.0556. The molecule has 6 heteroatoms. The molecule has 1 N–H and O–H groups in total. The molecule has 100 valence electrons. The highest BCUT2D eigenvalue weighted by Crippen LogP contribution is 2.19. The number of hydrogen-bond acceptors (Lipinski definition) is 4. The van der Waals surface area contributed by atoms with Crippen LogP contribution < -0.4 is 10.5 Å². The van der Waals surface area contributed by atoms with Crippen molar-refractivity contribution in [2.75, 3.05) is 25.1 Å². The fraction of sp³-hybridized carbons (Fsp3) is 0.231. The van der Waals surface area contributed by atoms with E-state index >= 15 is 0 Å². The molecule has 19 heavy (non-hydrogen) atoms. The van der Waals surface area contributed by atoms with E-state index in [0.29, 0.717) is 17.9 Å². The van der Waals surface area contributed by atoms with Crippen molar-refractivity contribution in [1.82, 2.24) is 9.78 Å². The average Bonchev–Trinajstić information content (AvgIpc) is 2.40. The Morgan fingerprint density at radius 3 is 2.68 bits per heavy atom. The van der Waals surface area contributed by atoms with Gasteiger partial charge in [0, 0.05) is 13.6 Å². The van der Waals surface area contributed by atoms with Crippen LogP contribution in [0.25, 0.3) is 5.69 Å². The number of benzene rings is 1. The number of aromatic nitrogens is 2. The van der Waals surface area contributed by atoms with E-state index in [9.17, 15) is 4.79 Å². The van der Waals surface area contributed by atoms with E-state index in [1.807, 2.05) is 18.2 Å². The van der Waals surface area contributed by atoms with Crippen molar-refractivity contribution in [3.63, 3.8) is 0 Å². The largest absolute Gasteiger partial charge is 0.395 e. The van der Waals surface area contributed by atoms with Gasteiger partial charge in [-0.15, -0.1) is 0 Å². The van der Waals surface area contributed by atoms with Gasteiger partial charge >= 0.3 is 0 Å². The van der Waals surface area contributed by atoms with Gasteiger partial charge in [-0.2, -0.15) is 9.78 Å². The summed E-state index contributed by atoms with van der Waals surface area (Å²) in [7, 11) is 1.70. The summed E-state index contributed by atoms with van der Waals surface area (Å²) in [5.74, 6) is 0. The quantitative estimate of drug-likeness (QED) is 0.917. The number of para-hydroxylation sites is 1. The van der Waals surface area contributed by atoms with Gasteiger partial charge in [0.25, 0.3) is 5.56 Å². The van der Waals surface area contributed by atoms with Crippen molar-refractivity contribution in [2.45, 2.75) is 0 Å². The Kier molecular flexibility index (Phi) is 4.19. The molecule has 0 atom stereocenters. The molecule has 0 aliphatic heterocycles. The smallest absolute Gasteiger partial charge is 0.296 e. The lowest BCUT2D eigenvalue weighted by atomic mass is 10.3. The van der Waals surface area contributed by atoms with E-state index in [-0.39, 0.29) is 17.2 Å². The fourth-order valence-electron chi connectivity index (χ4n) is 1.78. The number of rotatable bonds is 4. The lowest BCUT2D eigenvalue weighted by Gasteiger charge is -2.19. The molecule has 5 nitrogen and oxygen atoms in total. The maximum atomic E-state index is 12.4. The van der Waals surface area contributed by atoms with E-state index in [4.69, 9.17) is 16.7 Å². The van der Waals surface area contributed by atoms with Gasteiger partial charge in [0.1, 0.15) is 5.69 Å². The molecule has 0 saturated heterocycles. The Labute approximate surface area is 115 Å². The summed E-state index contributed by atoms with van der Waals surface area (Å²) in [4.78, 5) is 14.0. The van der Waals surface area contributed by atoms with Crippen LogP contribution in [0.1, 0.15) is 0 Å². The molecule has 1 aromatic heterocycles. The molecule has 0 unspecified atom stereocenters. The SMILES string of the molecule is CN(CCO)c1c(Cl)cnn(-c2ccccc2)c1=O. The average molecular weight is 280 g/mol. The van der Waals surface area contributed by atoms with Crippen LogP contribution in [-0.4, -0.2) is 35.1 Å². The normalized spacial score (nSPS) is 10.5. The van der Waals surface area contributed by atoms with Crippen molar-refractivity contribution >= 4 is 17.3 Å². The summed E-state index contributed by atoms with van der Waals surface area (Å²) in [6.45, 7) is 0.272. The second-order valence-electron chi connectivity index (χ2n) is 4.04. The summed E-state index contributed by atoms with van der Waals surface area (Å²) in [5.41, 5.74) is 0.687. The van der Waals surface area contributed by atoms with Gasteiger partial charge in [0.2, 0.25) is 0 Å². The van der Waals surface area contributed by atoms with Crippen molar-refractivity contribution in [3.8, 4) is 5.69 Å². The Hall–Kier alpha value is -1.85. The van der Waals surface area contributed by atoms with Crippen molar-refractivity contribution in [2.24, 2.45) is 0 Å². The molecule has 0 bridgehead atoms. The molecule has 0 spiro atoms. The van der Waals surface area contributed by atoms with E-state index in [1.165, 1.54) is 10.9 Å². The van der Waals surface area contributed by atoms with Gasteiger partial charge in [-0.1, -0.05) is 29.8 Å². The topological polar surface area (TPSA) is 58.4 Å². The molecule has 0 saturated carbocycles. The first-order chi connectivity index (χ1) is 9.15. The zero-order valence-electron chi connectivity index (χ0n) is 10.5. The summed E-state index contributed by atoms with van der Waals surface area (Å²) in [6.07, 6.45) is 1.43. The second kappa shape index (κ2) is 5.86. The van der Waals surface area contributed by atoms with Crippen LogP contribution in [-0.2, 0) is 0 Å². The molecule has 0 radical (unpaired) electrons. The van der Waals surface area contributed by atoms with Crippen molar-refractivity contribution in [1.29, 1.82) is 0 Å². The van der Waals surface area contributed by atoms with Gasteiger partial charge in [-0.25, -0.2) is 0 Å². The first-order valence-corrected chi connectivity index (χ1v) is 6.18. The van der Waals surface area contributed by atoms with Gasteiger partial charge < -0.3 is 10.0 Å². The Morgan fingerprint density at radius 1 is 1.37 bits per heavy atom. The highest BCUT2D eigenvalue weighted by Gasteiger charge is 2.14. The molecule has 1 heterocycles. The Morgan fingerprint density at radius 2 is 2.05 bits per heavy atom. The molecule has 2 aromatic rings. The summed E-state index contributed by atoms with van der Waals surface area (Å²) < 4.78 is 1.29. The molecule has 2 rings (SSSR count). The summed E-state index contributed by atoms with van der Waals surface area (Å²) >= 11 is 6.02. The van der Waals surface area contributed by atoms with Gasteiger partial charge in [-0.05, 0) is 12.1 Å². The molecular formula is C13H14ClN3O2. The van der Waals surface area contributed by atoms with E-state index in [0.717, 1.165) is 0 Å². The number of aliphatic hydroxyl groups is 1. The van der Waals surface area contributed by atoms with Gasteiger partial charge in [0.05, 0.1) is 23.5 Å². The van der Waals surface area contributed by atoms with Crippen LogP contribution >= 0.6 is 11.6 Å². The third kappa shape index (κ3) is 2.77. The summed E-state index contributed by atoms with van der Waals surface area (Å²) in [6, 6.07) is 9.10. The number of nitrogens with zero attached hydrogens (tertiary/aromatic N) is 3. The molecular weight excluding hydrogens is 266 g/mol. The van der Waals surface area contributed by atoms with Crippen molar-refractivity contribution in [3.05, 3.63) is 51.9 Å². The zero-order chi connectivity index (χ0) is 13.8. The Bertz CT molecular complexity index is 613. The first kappa shape index (κ1) is 13.6. The lowest BCUT2D eigenvalue weighted by molar-refractivity contribution is 0.304. The van der Waals surface area contributed by atoms with Crippen LogP contribution in [0.3, 0.4) is 0 Å². The number of anilines is 1. The molecule has 0 amide bonds. The van der Waals surface area contributed by atoms with Crippen LogP contribution in [0, 0.1) is 0 Å². The highest BCUT2D eigenvalue weighted by atomic mass is 35.5. The molecule has 0 aliphatic carbocycles. The maximum absolute atomic E-state index is 12.4. The maximum Gasteiger partial charge on any atom is 0.296 e. The highest BCUT2D eigenvalue weighted by molar-refractivity contribution is 6.33.